The molecule has 0 aliphatic carbocycles. The van der Waals surface area contributed by atoms with Gasteiger partial charge in [-0.1, -0.05) is 224 Å². The predicted molar refractivity (Wildman–Crippen MR) is 212 cm³/mol. The molecular formula is C45H80N2O2. The van der Waals surface area contributed by atoms with Crippen molar-refractivity contribution in [3.05, 3.63) is 35.9 Å². The molecule has 1 rings (SSSR count). The molecular weight excluding hydrogens is 601 g/mol. The van der Waals surface area contributed by atoms with E-state index in [2.05, 4.69) is 25.2 Å². The van der Waals surface area contributed by atoms with Crippen LogP contribution >= 0.6 is 0 Å². The number of hydrogen-bond acceptors (Lipinski definition) is 3. The van der Waals surface area contributed by atoms with Crippen LogP contribution in [0.1, 0.15) is 218 Å². The zero-order valence-electron chi connectivity index (χ0n) is 32.6. The van der Waals surface area contributed by atoms with Gasteiger partial charge in [0.25, 0.3) is 0 Å². The number of nitriles is 1. The van der Waals surface area contributed by atoms with Crippen molar-refractivity contribution in [1.82, 2.24) is 5.32 Å². The highest BCUT2D eigenvalue weighted by atomic mass is 16.5. The molecule has 0 aromatic heterocycles. The maximum absolute atomic E-state index is 12.0. The zero-order valence-corrected chi connectivity index (χ0v) is 32.6. The van der Waals surface area contributed by atoms with Gasteiger partial charge < -0.3 is 10.1 Å². The summed E-state index contributed by atoms with van der Waals surface area (Å²) >= 11 is 0. The van der Waals surface area contributed by atoms with E-state index in [1.54, 1.807) is 0 Å². The van der Waals surface area contributed by atoms with Gasteiger partial charge in [-0.2, -0.15) is 5.26 Å². The molecule has 0 spiro atoms. The molecule has 0 aliphatic rings. The lowest BCUT2D eigenvalue weighted by Gasteiger charge is -2.28. The third-order valence-corrected chi connectivity index (χ3v) is 10.6. The second-order valence-corrected chi connectivity index (χ2v) is 15.1. The molecule has 1 aromatic carbocycles. The van der Waals surface area contributed by atoms with E-state index >= 15 is 0 Å². The Labute approximate surface area is 305 Å². The van der Waals surface area contributed by atoms with E-state index in [0.29, 0.717) is 13.2 Å². The number of nitrogens with zero attached hydrogens (tertiary/aromatic N) is 1. The van der Waals surface area contributed by atoms with Crippen molar-refractivity contribution in [2.45, 2.75) is 219 Å². The minimum absolute atomic E-state index is 0.308. The molecule has 2 unspecified atom stereocenters. The topological polar surface area (TPSA) is 62.1 Å². The van der Waals surface area contributed by atoms with Crippen LogP contribution in [0.15, 0.2) is 30.3 Å². The molecule has 4 heteroatoms. The Morgan fingerprint density at radius 1 is 0.571 bits per heavy atom. The van der Waals surface area contributed by atoms with Crippen molar-refractivity contribution in [2.75, 3.05) is 6.54 Å². The molecule has 0 heterocycles. The van der Waals surface area contributed by atoms with Gasteiger partial charge >= 0.3 is 6.09 Å². The van der Waals surface area contributed by atoms with Crippen molar-refractivity contribution >= 4 is 6.09 Å². The Hall–Kier alpha value is -2.02. The number of amides is 1. The molecule has 0 aliphatic heterocycles. The number of carbonyl (C=O) groups is 1. The minimum atomic E-state index is -0.308. The van der Waals surface area contributed by atoms with Crippen LogP contribution in [0, 0.1) is 23.2 Å². The molecule has 282 valence electrons. The molecule has 4 nitrogen and oxygen atoms in total. The van der Waals surface area contributed by atoms with Gasteiger partial charge in [0, 0.05) is 13.0 Å². The van der Waals surface area contributed by atoms with Gasteiger partial charge in [-0.05, 0) is 30.2 Å². The van der Waals surface area contributed by atoms with E-state index in [4.69, 9.17) is 10.00 Å². The van der Waals surface area contributed by atoms with Crippen LogP contribution in [0.3, 0.4) is 0 Å². The Kier molecular flexibility index (Phi) is 32.9. The van der Waals surface area contributed by atoms with Crippen LogP contribution in [0.5, 0.6) is 0 Å². The number of carbonyl (C=O) groups excluding carboxylic acids is 1. The number of hydrogen-bond donors (Lipinski definition) is 1. The summed E-state index contributed by atoms with van der Waals surface area (Å²) in [5, 5.41) is 11.7. The van der Waals surface area contributed by atoms with Crippen molar-refractivity contribution in [3.8, 4) is 6.07 Å². The quantitative estimate of drug-likeness (QED) is 0.0718. The van der Waals surface area contributed by atoms with Crippen LogP contribution in [0.25, 0.3) is 0 Å². The summed E-state index contributed by atoms with van der Waals surface area (Å²) in [7, 11) is 0. The van der Waals surface area contributed by atoms with Crippen molar-refractivity contribution in [2.24, 2.45) is 11.8 Å². The van der Waals surface area contributed by atoms with E-state index in [-0.39, 0.29) is 6.09 Å². The van der Waals surface area contributed by atoms with Crippen LogP contribution in [-0.2, 0) is 11.3 Å². The first-order chi connectivity index (χ1) is 24.2. The van der Waals surface area contributed by atoms with Crippen molar-refractivity contribution in [3.63, 3.8) is 0 Å². The monoisotopic (exact) mass is 681 g/mol. The maximum atomic E-state index is 12.0. The lowest BCUT2D eigenvalue weighted by Crippen LogP contribution is -2.25. The van der Waals surface area contributed by atoms with E-state index in [1.165, 1.54) is 180 Å². The molecule has 0 fully saturated rings. The van der Waals surface area contributed by atoms with Crippen molar-refractivity contribution in [1.29, 1.82) is 5.26 Å². The third-order valence-electron chi connectivity index (χ3n) is 10.6. The summed E-state index contributed by atoms with van der Waals surface area (Å²) in [5.41, 5.74) is 1.02. The number of nitrogens with one attached hydrogen (secondary N) is 1. The summed E-state index contributed by atoms with van der Waals surface area (Å²) in [6.45, 7) is 5.66. The van der Waals surface area contributed by atoms with Gasteiger partial charge in [-0.15, -0.1) is 0 Å². The molecule has 1 amide bonds. The average molecular weight is 681 g/mol. The highest BCUT2D eigenvalue weighted by molar-refractivity contribution is 5.67. The van der Waals surface area contributed by atoms with Gasteiger partial charge in [0.2, 0.25) is 0 Å². The smallest absolute Gasteiger partial charge is 0.407 e. The molecule has 1 aromatic rings. The fourth-order valence-electron chi connectivity index (χ4n) is 7.48. The predicted octanol–water partition coefficient (Wildman–Crippen LogP) is 14.8. The molecule has 49 heavy (non-hydrogen) atoms. The first kappa shape index (κ1) is 45.0. The van der Waals surface area contributed by atoms with E-state index in [0.717, 1.165) is 36.7 Å². The molecule has 0 radical (unpaired) electrons. The molecule has 2 atom stereocenters. The zero-order chi connectivity index (χ0) is 35.3. The van der Waals surface area contributed by atoms with Gasteiger partial charge in [0.15, 0.2) is 0 Å². The highest BCUT2D eigenvalue weighted by Gasteiger charge is 2.20. The first-order valence-electron chi connectivity index (χ1n) is 21.5. The number of unbranched alkanes of at least 4 members (excludes halogenated alkanes) is 23. The van der Waals surface area contributed by atoms with E-state index in [1.807, 2.05) is 30.3 Å². The molecule has 1 N–H and O–H groups in total. The van der Waals surface area contributed by atoms with Gasteiger partial charge in [-0.3, -0.25) is 0 Å². The summed E-state index contributed by atoms with van der Waals surface area (Å²) in [5.74, 6) is 1.83. The Bertz CT molecular complexity index is 867. The van der Waals surface area contributed by atoms with Crippen molar-refractivity contribution < 1.29 is 9.53 Å². The lowest BCUT2D eigenvalue weighted by molar-refractivity contribution is 0.139. The SMILES string of the molecule is CCCCCCCCCC(CCCCCCCCC#N)C(CCCCCCCCC)CCCCCCCCNC(=O)OCc1ccccc1. The second-order valence-electron chi connectivity index (χ2n) is 15.1. The summed E-state index contributed by atoms with van der Waals surface area (Å²) < 4.78 is 5.33. The average Bonchev–Trinajstić information content (AvgIpc) is 3.12. The number of ether oxygens (including phenoxy) is 1. The highest BCUT2D eigenvalue weighted by Crippen LogP contribution is 2.34. The van der Waals surface area contributed by atoms with Crippen LogP contribution in [0.4, 0.5) is 4.79 Å². The summed E-state index contributed by atoms with van der Waals surface area (Å²) in [4.78, 5) is 12.0. The standard InChI is InChI=1S/C45H80N2O2/c1-3-5-7-9-12-18-27-35-43(37-29-20-14-11-16-22-31-39-46)44(36-28-19-13-10-8-6-4-2)38-30-21-15-17-23-32-40-47-45(48)49-41-42-33-25-24-26-34-42/h24-26,33-34,43-44H,3-23,27-32,35-38,40-41H2,1-2H3,(H,47,48). The van der Waals surface area contributed by atoms with Crippen LogP contribution < -0.4 is 5.32 Å². The summed E-state index contributed by atoms with van der Waals surface area (Å²) in [6.07, 6.45) is 41.3. The number of rotatable bonds is 36. The second kappa shape index (κ2) is 35.8. The normalized spacial score (nSPS) is 12.4. The number of benzene rings is 1. The van der Waals surface area contributed by atoms with Gasteiger partial charge in [-0.25, -0.2) is 4.79 Å². The van der Waals surface area contributed by atoms with Gasteiger partial charge in [0.05, 0.1) is 6.07 Å². The van der Waals surface area contributed by atoms with Crippen LogP contribution in [-0.4, -0.2) is 12.6 Å². The summed E-state index contributed by atoms with van der Waals surface area (Å²) in [6, 6.07) is 12.2. The minimum Gasteiger partial charge on any atom is -0.445 e. The Morgan fingerprint density at radius 3 is 1.39 bits per heavy atom. The molecule has 0 saturated heterocycles. The first-order valence-corrected chi connectivity index (χ1v) is 21.5. The molecule has 0 bridgehead atoms. The fraction of sp³-hybridized carbons (Fsp3) is 0.822. The molecule has 0 saturated carbocycles. The number of alkyl carbamates (subject to hydrolysis) is 1. The van der Waals surface area contributed by atoms with Gasteiger partial charge in [0.1, 0.15) is 6.61 Å². The van der Waals surface area contributed by atoms with E-state index < -0.39 is 0 Å². The third kappa shape index (κ3) is 29.4. The Morgan fingerprint density at radius 2 is 0.959 bits per heavy atom. The fourth-order valence-corrected chi connectivity index (χ4v) is 7.48. The van der Waals surface area contributed by atoms with E-state index in [9.17, 15) is 4.79 Å². The maximum Gasteiger partial charge on any atom is 0.407 e. The largest absolute Gasteiger partial charge is 0.445 e. The van der Waals surface area contributed by atoms with Crippen LogP contribution in [0.2, 0.25) is 0 Å². The Balaban J connectivity index is 2.46. The lowest BCUT2D eigenvalue weighted by atomic mass is 9.78.